The number of imide groups is 1. The molecule has 0 saturated carbocycles. The van der Waals surface area contributed by atoms with E-state index in [9.17, 15) is 14.4 Å². The normalized spacial score (nSPS) is 14.8. The lowest BCUT2D eigenvalue weighted by molar-refractivity contribution is -0.132. The molecule has 1 aliphatic rings. The molecule has 0 atom stereocenters. The third-order valence-corrected chi connectivity index (χ3v) is 5.32. The molecule has 0 aliphatic carbocycles. The van der Waals surface area contributed by atoms with Crippen molar-refractivity contribution in [1.82, 2.24) is 4.90 Å². The van der Waals surface area contributed by atoms with E-state index >= 15 is 0 Å². The predicted molar refractivity (Wildman–Crippen MR) is 119 cm³/mol. The van der Waals surface area contributed by atoms with Crippen LogP contribution in [0.15, 0.2) is 47.4 Å². The predicted octanol–water partition coefficient (Wildman–Crippen LogP) is 4.78. The first-order valence-corrected chi connectivity index (χ1v) is 10.7. The fourth-order valence-corrected chi connectivity index (χ4v) is 3.83. The molecule has 1 saturated heterocycles. The lowest BCUT2D eigenvalue weighted by atomic mass is 10.2. The number of nitrogens with zero attached hydrogens (tertiary/aromatic N) is 1. The van der Waals surface area contributed by atoms with Gasteiger partial charge in [0, 0.05) is 6.92 Å². The van der Waals surface area contributed by atoms with Crippen molar-refractivity contribution in [3.8, 4) is 17.2 Å². The molecule has 0 aromatic heterocycles. The van der Waals surface area contributed by atoms with Crippen LogP contribution in [-0.2, 0) is 9.59 Å². The fraction of sp³-hybridized carbons (Fsp3) is 0.227. The van der Waals surface area contributed by atoms with Crippen molar-refractivity contribution in [3.63, 3.8) is 0 Å². The van der Waals surface area contributed by atoms with Gasteiger partial charge in [-0.3, -0.25) is 19.3 Å². The summed E-state index contributed by atoms with van der Waals surface area (Å²) in [6, 6.07) is 11.9. The number of amides is 2. The Morgan fingerprint density at radius 2 is 1.87 bits per heavy atom. The number of rotatable bonds is 8. The fourth-order valence-electron chi connectivity index (χ4n) is 2.77. The Kier molecular flexibility index (Phi) is 7.59. The number of benzene rings is 2. The minimum absolute atomic E-state index is 0.100. The summed E-state index contributed by atoms with van der Waals surface area (Å²) >= 11 is 6.89. The number of esters is 1. The zero-order chi connectivity index (χ0) is 22.4. The van der Waals surface area contributed by atoms with Crippen LogP contribution in [0.5, 0.6) is 17.2 Å². The molecular formula is C22H20ClNO6S. The van der Waals surface area contributed by atoms with E-state index in [1.165, 1.54) is 6.92 Å². The van der Waals surface area contributed by atoms with Gasteiger partial charge >= 0.3 is 5.97 Å². The number of halogens is 1. The van der Waals surface area contributed by atoms with Crippen molar-refractivity contribution >= 4 is 46.6 Å². The molecule has 3 rings (SSSR count). The number of para-hydroxylation sites is 1. The van der Waals surface area contributed by atoms with Crippen LogP contribution in [0.3, 0.4) is 0 Å². The SMILES string of the molecule is CCOc1cc(/C=C2\SC(=O)N(CCOc3ccccc3Cl)C2=O)ccc1OC(C)=O. The second-order valence-electron chi connectivity index (χ2n) is 6.35. The molecule has 0 N–H and O–H groups in total. The maximum atomic E-state index is 12.7. The van der Waals surface area contributed by atoms with E-state index in [1.54, 1.807) is 55.5 Å². The summed E-state index contributed by atoms with van der Waals surface area (Å²) in [7, 11) is 0. The van der Waals surface area contributed by atoms with E-state index in [2.05, 4.69) is 0 Å². The molecule has 1 heterocycles. The van der Waals surface area contributed by atoms with Crippen LogP contribution in [0.1, 0.15) is 19.4 Å². The highest BCUT2D eigenvalue weighted by atomic mass is 35.5. The maximum Gasteiger partial charge on any atom is 0.308 e. The van der Waals surface area contributed by atoms with Crippen molar-refractivity contribution in [1.29, 1.82) is 0 Å². The maximum absolute atomic E-state index is 12.7. The smallest absolute Gasteiger partial charge is 0.308 e. The third kappa shape index (κ3) is 5.80. The van der Waals surface area contributed by atoms with Gasteiger partial charge in [0.1, 0.15) is 12.4 Å². The lowest BCUT2D eigenvalue weighted by Crippen LogP contribution is -2.32. The van der Waals surface area contributed by atoms with E-state index in [0.29, 0.717) is 28.7 Å². The van der Waals surface area contributed by atoms with Gasteiger partial charge in [0.05, 0.1) is 23.1 Å². The molecule has 0 spiro atoms. The van der Waals surface area contributed by atoms with Gasteiger partial charge < -0.3 is 14.2 Å². The molecule has 0 unspecified atom stereocenters. The molecule has 2 amide bonds. The second kappa shape index (κ2) is 10.4. The van der Waals surface area contributed by atoms with Crippen LogP contribution < -0.4 is 14.2 Å². The summed E-state index contributed by atoms with van der Waals surface area (Å²) < 4.78 is 16.2. The molecule has 1 aliphatic heterocycles. The number of hydrogen-bond donors (Lipinski definition) is 0. The summed E-state index contributed by atoms with van der Waals surface area (Å²) in [5.74, 6) is 0.284. The molecule has 7 nitrogen and oxygen atoms in total. The molecule has 31 heavy (non-hydrogen) atoms. The Morgan fingerprint density at radius 3 is 2.58 bits per heavy atom. The van der Waals surface area contributed by atoms with E-state index in [4.69, 9.17) is 25.8 Å². The number of thioether (sulfide) groups is 1. The van der Waals surface area contributed by atoms with E-state index in [0.717, 1.165) is 16.7 Å². The van der Waals surface area contributed by atoms with Crippen molar-refractivity contribution in [2.45, 2.75) is 13.8 Å². The standard InChI is InChI=1S/C22H20ClNO6S/c1-3-28-19-12-15(8-9-18(19)30-14(2)25)13-20-21(26)24(22(27)31-20)10-11-29-17-7-5-4-6-16(17)23/h4-9,12-13H,3,10-11H2,1-2H3/b20-13-. The highest BCUT2D eigenvalue weighted by Crippen LogP contribution is 2.34. The van der Waals surface area contributed by atoms with E-state index in [1.807, 2.05) is 0 Å². The van der Waals surface area contributed by atoms with Gasteiger partial charge in [-0.1, -0.05) is 29.8 Å². The summed E-state index contributed by atoms with van der Waals surface area (Å²) in [4.78, 5) is 37.6. The Labute approximate surface area is 188 Å². The van der Waals surface area contributed by atoms with Crippen LogP contribution in [0.25, 0.3) is 6.08 Å². The minimum Gasteiger partial charge on any atom is -0.490 e. The number of carbonyl (C=O) groups excluding carboxylic acids is 3. The lowest BCUT2D eigenvalue weighted by Gasteiger charge is -2.13. The highest BCUT2D eigenvalue weighted by molar-refractivity contribution is 8.18. The van der Waals surface area contributed by atoms with Crippen molar-refractivity contribution in [2.24, 2.45) is 0 Å². The van der Waals surface area contributed by atoms with Crippen molar-refractivity contribution in [2.75, 3.05) is 19.8 Å². The Balaban J connectivity index is 1.70. The molecule has 2 aromatic rings. The molecule has 9 heteroatoms. The number of ether oxygens (including phenoxy) is 3. The van der Waals surface area contributed by atoms with Gasteiger partial charge in [-0.15, -0.1) is 0 Å². The van der Waals surface area contributed by atoms with Gasteiger partial charge in [0.15, 0.2) is 11.5 Å². The van der Waals surface area contributed by atoms with E-state index in [-0.39, 0.29) is 29.0 Å². The summed E-state index contributed by atoms with van der Waals surface area (Å²) in [5, 5.41) is 0.0828. The molecule has 2 aromatic carbocycles. The highest BCUT2D eigenvalue weighted by Gasteiger charge is 2.34. The van der Waals surface area contributed by atoms with Crippen LogP contribution in [0, 0.1) is 0 Å². The van der Waals surface area contributed by atoms with Crippen molar-refractivity contribution in [3.05, 3.63) is 58.0 Å². The zero-order valence-electron chi connectivity index (χ0n) is 16.9. The van der Waals surface area contributed by atoms with Gasteiger partial charge in [0.25, 0.3) is 11.1 Å². The van der Waals surface area contributed by atoms with Gasteiger partial charge in [0.2, 0.25) is 0 Å². The first-order valence-electron chi connectivity index (χ1n) is 9.47. The number of carbonyl (C=O) groups is 3. The van der Waals surface area contributed by atoms with Crippen LogP contribution in [0.4, 0.5) is 4.79 Å². The first-order chi connectivity index (χ1) is 14.9. The molecule has 0 bridgehead atoms. The monoisotopic (exact) mass is 461 g/mol. The van der Waals surface area contributed by atoms with Crippen LogP contribution >= 0.6 is 23.4 Å². The summed E-state index contributed by atoms with van der Waals surface area (Å²) in [6.07, 6.45) is 1.60. The topological polar surface area (TPSA) is 82.1 Å². The van der Waals surface area contributed by atoms with Crippen molar-refractivity contribution < 1.29 is 28.6 Å². The van der Waals surface area contributed by atoms with Gasteiger partial charge in [-0.05, 0) is 54.6 Å². The van der Waals surface area contributed by atoms with Crippen LogP contribution in [-0.4, -0.2) is 41.8 Å². The Hall–Kier alpha value is -2.97. The van der Waals surface area contributed by atoms with Gasteiger partial charge in [-0.2, -0.15) is 0 Å². The minimum atomic E-state index is -0.464. The summed E-state index contributed by atoms with van der Waals surface area (Å²) in [5.41, 5.74) is 0.636. The summed E-state index contributed by atoms with van der Waals surface area (Å²) in [6.45, 7) is 3.71. The largest absolute Gasteiger partial charge is 0.490 e. The third-order valence-electron chi connectivity index (χ3n) is 4.10. The molecule has 0 radical (unpaired) electrons. The first kappa shape index (κ1) is 22.7. The van der Waals surface area contributed by atoms with Crippen LogP contribution in [0.2, 0.25) is 5.02 Å². The average Bonchev–Trinajstić information content (AvgIpc) is 2.98. The molecular weight excluding hydrogens is 442 g/mol. The second-order valence-corrected chi connectivity index (χ2v) is 7.75. The number of hydrogen-bond acceptors (Lipinski definition) is 7. The molecule has 1 fully saturated rings. The Bertz CT molecular complexity index is 1040. The van der Waals surface area contributed by atoms with E-state index < -0.39 is 11.9 Å². The average molecular weight is 462 g/mol. The van der Waals surface area contributed by atoms with Gasteiger partial charge in [-0.25, -0.2) is 0 Å². The Morgan fingerprint density at radius 1 is 1.10 bits per heavy atom. The zero-order valence-corrected chi connectivity index (χ0v) is 18.5. The quantitative estimate of drug-likeness (QED) is 0.318. The molecule has 162 valence electrons.